The molecule has 0 fully saturated rings. The van der Waals surface area contributed by atoms with E-state index in [0.717, 1.165) is 5.56 Å². The third-order valence-electron chi connectivity index (χ3n) is 2.27. The number of hydrogen-bond acceptors (Lipinski definition) is 1. The Balaban J connectivity index is 2.70. The fourth-order valence-electron chi connectivity index (χ4n) is 1.38. The molecule has 0 aliphatic carbocycles. The molecule has 0 aromatic heterocycles. The summed E-state index contributed by atoms with van der Waals surface area (Å²) in [5.41, 5.74) is 0.967. The number of carbonyl (C=O) groups is 1. The Hall–Kier alpha value is -1.46. The molecule has 84 valence electrons. The SMILES string of the molecule is CC#CCC(Cc1ccc(Cl)cc1)C(=O)O. The summed E-state index contributed by atoms with van der Waals surface area (Å²) in [5, 5.41) is 9.68. The lowest BCUT2D eigenvalue weighted by Gasteiger charge is -2.08. The van der Waals surface area contributed by atoms with Crippen molar-refractivity contribution in [1.82, 2.24) is 0 Å². The van der Waals surface area contributed by atoms with Gasteiger partial charge < -0.3 is 5.11 Å². The van der Waals surface area contributed by atoms with Gasteiger partial charge in [0.15, 0.2) is 0 Å². The molecular weight excluding hydrogens is 224 g/mol. The summed E-state index contributed by atoms with van der Waals surface area (Å²) in [7, 11) is 0. The molecule has 0 radical (unpaired) electrons. The van der Waals surface area contributed by atoms with Crippen molar-refractivity contribution < 1.29 is 9.90 Å². The Bertz CT molecular complexity index is 412. The molecule has 0 bridgehead atoms. The first-order valence-electron chi connectivity index (χ1n) is 5.00. The second-order valence-corrected chi connectivity index (χ2v) is 3.93. The van der Waals surface area contributed by atoms with Crippen molar-refractivity contribution in [2.24, 2.45) is 5.92 Å². The van der Waals surface area contributed by atoms with E-state index in [4.69, 9.17) is 16.7 Å². The smallest absolute Gasteiger partial charge is 0.307 e. The maximum atomic E-state index is 11.0. The fourth-order valence-corrected chi connectivity index (χ4v) is 1.50. The Morgan fingerprint density at radius 3 is 2.56 bits per heavy atom. The van der Waals surface area contributed by atoms with E-state index in [9.17, 15) is 4.79 Å². The van der Waals surface area contributed by atoms with Gasteiger partial charge in [-0.1, -0.05) is 23.7 Å². The molecule has 0 saturated carbocycles. The highest BCUT2D eigenvalue weighted by molar-refractivity contribution is 6.30. The molecule has 16 heavy (non-hydrogen) atoms. The Labute approximate surface area is 100 Å². The number of aliphatic carboxylic acids is 1. The van der Waals surface area contributed by atoms with E-state index in [1.165, 1.54) is 0 Å². The highest BCUT2D eigenvalue weighted by atomic mass is 35.5. The zero-order valence-electron chi connectivity index (χ0n) is 9.03. The van der Waals surface area contributed by atoms with E-state index in [-0.39, 0.29) is 0 Å². The largest absolute Gasteiger partial charge is 0.481 e. The van der Waals surface area contributed by atoms with Crippen LogP contribution in [0.3, 0.4) is 0 Å². The molecule has 1 rings (SSSR count). The van der Waals surface area contributed by atoms with Gasteiger partial charge in [0.1, 0.15) is 0 Å². The number of halogens is 1. The first kappa shape index (κ1) is 12.6. The lowest BCUT2D eigenvalue weighted by molar-refractivity contribution is -0.141. The van der Waals surface area contributed by atoms with Gasteiger partial charge in [-0.25, -0.2) is 0 Å². The van der Waals surface area contributed by atoms with Crippen molar-refractivity contribution in [2.75, 3.05) is 0 Å². The number of carboxylic acid groups (broad SMARTS) is 1. The quantitative estimate of drug-likeness (QED) is 0.816. The van der Waals surface area contributed by atoms with Gasteiger partial charge in [-0.05, 0) is 31.0 Å². The predicted molar refractivity (Wildman–Crippen MR) is 64.3 cm³/mol. The summed E-state index contributed by atoms with van der Waals surface area (Å²) in [6, 6.07) is 7.22. The van der Waals surface area contributed by atoms with Crippen molar-refractivity contribution in [1.29, 1.82) is 0 Å². The van der Waals surface area contributed by atoms with Gasteiger partial charge in [-0.15, -0.1) is 11.8 Å². The van der Waals surface area contributed by atoms with Crippen molar-refractivity contribution in [3.63, 3.8) is 0 Å². The maximum absolute atomic E-state index is 11.0. The normalized spacial score (nSPS) is 11.4. The second kappa shape index (κ2) is 6.19. The third kappa shape index (κ3) is 3.96. The molecule has 0 aliphatic rings. The van der Waals surface area contributed by atoms with E-state index in [0.29, 0.717) is 17.9 Å². The minimum absolute atomic E-state index is 0.383. The summed E-state index contributed by atoms with van der Waals surface area (Å²) in [6.45, 7) is 1.71. The highest BCUT2D eigenvalue weighted by Crippen LogP contribution is 2.15. The van der Waals surface area contributed by atoms with Gasteiger partial charge in [0.2, 0.25) is 0 Å². The standard InChI is InChI=1S/C13H13ClO2/c1-2-3-4-11(13(15)16)9-10-5-7-12(14)8-6-10/h5-8,11H,4,9H2,1H3,(H,15,16). The fraction of sp³-hybridized carbons (Fsp3) is 0.308. The molecular formula is C13H13ClO2. The van der Waals surface area contributed by atoms with Crippen molar-refractivity contribution in [3.8, 4) is 11.8 Å². The lowest BCUT2D eigenvalue weighted by Crippen LogP contribution is -2.15. The monoisotopic (exact) mass is 236 g/mol. The third-order valence-corrected chi connectivity index (χ3v) is 2.52. The van der Waals surface area contributed by atoms with Gasteiger partial charge in [0.25, 0.3) is 0 Å². The predicted octanol–water partition coefficient (Wildman–Crippen LogP) is 3.00. The average Bonchev–Trinajstić information content (AvgIpc) is 2.26. The van der Waals surface area contributed by atoms with Crippen molar-refractivity contribution >= 4 is 17.6 Å². The zero-order chi connectivity index (χ0) is 12.0. The van der Waals surface area contributed by atoms with Gasteiger partial charge >= 0.3 is 5.97 Å². The van der Waals surface area contributed by atoms with Crippen LogP contribution in [-0.2, 0) is 11.2 Å². The average molecular weight is 237 g/mol. The summed E-state index contributed by atoms with van der Waals surface area (Å²) in [4.78, 5) is 11.0. The minimum atomic E-state index is -0.808. The Kier molecular flexibility index (Phi) is 4.88. The van der Waals surface area contributed by atoms with E-state index in [1.54, 1.807) is 19.1 Å². The van der Waals surface area contributed by atoms with Crippen molar-refractivity contribution in [3.05, 3.63) is 34.9 Å². The summed E-state index contributed by atoms with van der Waals surface area (Å²) in [5.74, 6) is 4.26. The van der Waals surface area contributed by atoms with Crippen LogP contribution in [0, 0.1) is 17.8 Å². The first-order valence-corrected chi connectivity index (χ1v) is 5.38. The van der Waals surface area contributed by atoms with Crippen molar-refractivity contribution in [2.45, 2.75) is 19.8 Å². The number of carboxylic acids is 1. The van der Waals surface area contributed by atoms with Crippen LogP contribution in [0.1, 0.15) is 18.9 Å². The van der Waals surface area contributed by atoms with Crippen LogP contribution >= 0.6 is 11.6 Å². The second-order valence-electron chi connectivity index (χ2n) is 3.50. The molecule has 1 atom stereocenters. The van der Waals surface area contributed by atoms with Gasteiger partial charge in [0, 0.05) is 11.4 Å². The zero-order valence-corrected chi connectivity index (χ0v) is 9.79. The Morgan fingerprint density at radius 2 is 2.06 bits per heavy atom. The van der Waals surface area contributed by atoms with Gasteiger partial charge in [-0.3, -0.25) is 4.79 Å². The van der Waals surface area contributed by atoms with E-state index < -0.39 is 11.9 Å². The minimum Gasteiger partial charge on any atom is -0.481 e. The molecule has 1 aromatic rings. The molecule has 1 N–H and O–H groups in total. The number of hydrogen-bond donors (Lipinski definition) is 1. The van der Waals surface area contributed by atoms with Crippen LogP contribution in [0.4, 0.5) is 0 Å². The molecule has 1 aromatic carbocycles. The van der Waals surface area contributed by atoms with Crippen LogP contribution in [0.15, 0.2) is 24.3 Å². The first-order chi connectivity index (χ1) is 7.63. The van der Waals surface area contributed by atoms with Gasteiger partial charge in [-0.2, -0.15) is 0 Å². The van der Waals surface area contributed by atoms with E-state index in [2.05, 4.69) is 11.8 Å². The lowest BCUT2D eigenvalue weighted by atomic mass is 9.96. The topological polar surface area (TPSA) is 37.3 Å². The van der Waals surface area contributed by atoms with Crippen LogP contribution in [0.5, 0.6) is 0 Å². The molecule has 0 spiro atoms. The molecule has 3 heteroatoms. The molecule has 1 unspecified atom stereocenters. The molecule has 0 amide bonds. The van der Waals surface area contributed by atoms with Gasteiger partial charge in [0.05, 0.1) is 5.92 Å². The summed E-state index contributed by atoms with van der Waals surface area (Å²) >= 11 is 5.76. The van der Waals surface area contributed by atoms with Crippen LogP contribution in [-0.4, -0.2) is 11.1 Å². The maximum Gasteiger partial charge on any atom is 0.307 e. The summed E-state index contributed by atoms with van der Waals surface area (Å²) in [6.07, 6.45) is 0.871. The van der Waals surface area contributed by atoms with E-state index in [1.807, 2.05) is 12.1 Å². The van der Waals surface area contributed by atoms with E-state index >= 15 is 0 Å². The highest BCUT2D eigenvalue weighted by Gasteiger charge is 2.16. The van der Waals surface area contributed by atoms with Crippen LogP contribution in [0.2, 0.25) is 5.02 Å². The molecule has 0 aliphatic heterocycles. The Morgan fingerprint density at radius 1 is 1.44 bits per heavy atom. The summed E-state index contributed by atoms with van der Waals surface area (Å²) < 4.78 is 0. The molecule has 0 saturated heterocycles. The molecule has 0 heterocycles. The van der Waals surface area contributed by atoms with Crippen LogP contribution in [0.25, 0.3) is 0 Å². The number of benzene rings is 1. The molecule has 2 nitrogen and oxygen atoms in total. The number of rotatable bonds is 4. The van der Waals surface area contributed by atoms with Crippen LogP contribution < -0.4 is 0 Å².